The van der Waals surface area contributed by atoms with Crippen LogP contribution in [0.25, 0.3) is 0 Å². The number of benzene rings is 2. The van der Waals surface area contributed by atoms with E-state index in [2.05, 4.69) is 25.7 Å². The number of hydrogen-bond acceptors (Lipinski definition) is 12. The molecule has 3 heterocycles. The van der Waals surface area contributed by atoms with Crippen molar-refractivity contribution in [1.82, 2.24) is 15.2 Å². The molecule has 19 heteroatoms. The molecule has 0 aliphatic carbocycles. The number of fused-ring (bicyclic) bond motifs is 1. The molecule has 2 aliphatic heterocycles. The number of aromatic nitrogens is 1. The maximum absolute atomic E-state index is 13.2. The van der Waals surface area contributed by atoms with E-state index in [1.165, 1.54) is 30.6 Å². The molecule has 1 aromatic heterocycles. The summed E-state index contributed by atoms with van der Waals surface area (Å²) >= 11 is 12.1. The molecule has 0 bridgehead atoms. The number of carbonyl (C=O) groups is 5. The molecule has 1 atom stereocenters. The molecule has 3 N–H and O–H groups in total. The van der Waals surface area contributed by atoms with Crippen LogP contribution in [0.4, 0.5) is 20.2 Å². The molecule has 282 valence electrons. The van der Waals surface area contributed by atoms with Crippen LogP contribution < -0.4 is 25.4 Å². The van der Waals surface area contributed by atoms with Crippen LogP contribution in [-0.4, -0.2) is 105 Å². The van der Waals surface area contributed by atoms with E-state index in [0.29, 0.717) is 12.2 Å². The van der Waals surface area contributed by atoms with Crippen molar-refractivity contribution in [3.05, 3.63) is 75.5 Å². The van der Waals surface area contributed by atoms with Gasteiger partial charge in [0.2, 0.25) is 11.8 Å². The van der Waals surface area contributed by atoms with Gasteiger partial charge in [-0.25, -0.2) is 0 Å². The van der Waals surface area contributed by atoms with Crippen LogP contribution in [0.15, 0.2) is 48.8 Å². The van der Waals surface area contributed by atoms with E-state index < -0.39 is 42.2 Å². The minimum Gasteiger partial charge on any atom is -0.487 e. The second-order valence-electron chi connectivity index (χ2n) is 11.3. The zero-order chi connectivity index (χ0) is 37.9. The second-order valence-corrected chi connectivity index (χ2v) is 12.1. The predicted molar refractivity (Wildman–Crippen MR) is 185 cm³/mol. The summed E-state index contributed by atoms with van der Waals surface area (Å²) in [6.45, 7) is -1.52. The summed E-state index contributed by atoms with van der Waals surface area (Å²) in [6.07, 6.45) is 2.67. The standard InChI is InChI=1S/C34H33Cl2F2N5O10/c35-21-17-39-18-22(36)29(21)42-30(45)19-4-6-25(26(16-19)53-34(37)38)52-15-14-51-13-12-50-11-10-49-9-8-40-23-3-1-2-20-28(23)33(48)43(32(20)47)24-5-7-27(44)41-31(24)46/h1-4,6,16-18,24,34,40H,5,7-15H2,(H,39,42,45)(H,41,44,46). The summed E-state index contributed by atoms with van der Waals surface area (Å²) in [5.41, 5.74) is 0.858. The van der Waals surface area contributed by atoms with Crippen LogP contribution in [-0.2, 0) is 23.8 Å². The maximum atomic E-state index is 13.2. The molecule has 2 aromatic carbocycles. The summed E-state index contributed by atoms with van der Waals surface area (Å²) in [5, 5.41) is 7.95. The quantitative estimate of drug-likeness (QED) is 0.117. The highest BCUT2D eigenvalue weighted by Crippen LogP contribution is 2.34. The van der Waals surface area contributed by atoms with E-state index in [-0.39, 0.29) is 103 Å². The molecule has 0 saturated carbocycles. The predicted octanol–water partition coefficient (Wildman–Crippen LogP) is 4.18. The van der Waals surface area contributed by atoms with Crippen molar-refractivity contribution in [1.29, 1.82) is 0 Å². The van der Waals surface area contributed by atoms with Crippen LogP contribution in [0.1, 0.15) is 43.9 Å². The lowest BCUT2D eigenvalue weighted by Gasteiger charge is -2.27. The smallest absolute Gasteiger partial charge is 0.387 e. The van der Waals surface area contributed by atoms with Gasteiger partial charge in [-0.05, 0) is 36.8 Å². The Morgan fingerprint density at radius 1 is 0.906 bits per heavy atom. The van der Waals surface area contributed by atoms with E-state index >= 15 is 0 Å². The molecule has 5 rings (SSSR count). The molecule has 1 saturated heterocycles. The van der Waals surface area contributed by atoms with E-state index in [4.69, 9.17) is 42.1 Å². The first-order valence-corrected chi connectivity index (χ1v) is 16.9. The van der Waals surface area contributed by atoms with Gasteiger partial charge in [-0.1, -0.05) is 29.3 Å². The van der Waals surface area contributed by atoms with Crippen molar-refractivity contribution in [2.45, 2.75) is 25.5 Å². The van der Waals surface area contributed by atoms with Gasteiger partial charge in [-0.3, -0.25) is 39.2 Å². The number of anilines is 2. The van der Waals surface area contributed by atoms with E-state index in [1.54, 1.807) is 12.1 Å². The highest BCUT2D eigenvalue weighted by molar-refractivity contribution is 6.39. The molecule has 53 heavy (non-hydrogen) atoms. The number of nitrogens with one attached hydrogen (secondary N) is 3. The summed E-state index contributed by atoms with van der Waals surface area (Å²) < 4.78 is 52.7. The number of alkyl halides is 2. The third-order valence-corrected chi connectivity index (χ3v) is 8.35. The fourth-order valence-electron chi connectivity index (χ4n) is 5.35. The fourth-order valence-corrected chi connectivity index (χ4v) is 5.80. The summed E-state index contributed by atoms with van der Waals surface area (Å²) in [6, 6.07) is 7.51. The fraction of sp³-hybridized carbons (Fsp3) is 0.353. The Kier molecular flexibility index (Phi) is 13.9. The molecule has 15 nitrogen and oxygen atoms in total. The van der Waals surface area contributed by atoms with Gasteiger partial charge >= 0.3 is 6.61 Å². The minimum atomic E-state index is -3.17. The third kappa shape index (κ3) is 10.1. The Hall–Kier alpha value is -4.94. The van der Waals surface area contributed by atoms with E-state index in [0.717, 1.165) is 11.0 Å². The number of hydrogen-bond donors (Lipinski definition) is 3. The summed E-state index contributed by atoms with van der Waals surface area (Å²) in [7, 11) is 0. The van der Waals surface area contributed by atoms with Crippen LogP contribution in [0.5, 0.6) is 11.5 Å². The molecule has 3 aromatic rings. The van der Waals surface area contributed by atoms with Gasteiger partial charge in [-0.2, -0.15) is 8.78 Å². The number of nitrogens with zero attached hydrogens (tertiary/aromatic N) is 2. The lowest BCUT2D eigenvalue weighted by Crippen LogP contribution is -2.54. The largest absolute Gasteiger partial charge is 0.487 e. The highest BCUT2D eigenvalue weighted by atomic mass is 35.5. The number of pyridine rings is 1. The van der Waals surface area contributed by atoms with Crippen molar-refractivity contribution in [3.8, 4) is 11.5 Å². The molecular weight excluding hydrogens is 747 g/mol. The number of rotatable bonds is 19. The van der Waals surface area contributed by atoms with Crippen molar-refractivity contribution in [2.24, 2.45) is 0 Å². The Balaban J connectivity index is 0.953. The van der Waals surface area contributed by atoms with Gasteiger partial charge in [-0.15, -0.1) is 0 Å². The zero-order valence-corrected chi connectivity index (χ0v) is 29.3. The summed E-state index contributed by atoms with van der Waals surface area (Å²) in [4.78, 5) is 67.4. The maximum Gasteiger partial charge on any atom is 0.387 e. The van der Waals surface area contributed by atoms with Crippen molar-refractivity contribution in [3.63, 3.8) is 0 Å². The summed E-state index contributed by atoms with van der Waals surface area (Å²) in [5.74, 6) is -3.38. The number of piperidine rings is 1. The Labute approximate surface area is 311 Å². The van der Waals surface area contributed by atoms with E-state index in [9.17, 15) is 32.8 Å². The number of imide groups is 2. The first kappa shape index (κ1) is 39.3. The van der Waals surface area contributed by atoms with Crippen molar-refractivity contribution in [2.75, 3.05) is 63.4 Å². The monoisotopic (exact) mass is 779 g/mol. The first-order valence-electron chi connectivity index (χ1n) is 16.2. The lowest BCUT2D eigenvalue weighted by atomic mass is 10.0. The van der Waals surface area contributed by atoms with Crippen molar-refractivity contribution < 1.29 is 56.4 Å². The Bertz CT molecular complexity index is 1830. The van der Waals surface area contributed by atoms with Crippen molar-refractivity contribution >= 4 is 64.1 Å². The SMILES string of the molecule is O=C1CCC(N2C(=O)c3cccc(NCCOCCOCCOCCOc4ccc(C(=O)Nc5c(Cl)cncc5Cl)cc4OC(F)F)c3C2=O)C(=O)N1. The first-order chi connectivity index (χ1) is 25.5. The van der Waals surface area contributed by atoms with Crippen LogP contribution in [0.3, 0.4) is 0 Å². The Morgan fingerprint density at radius 2 is 1.58 bits per heavy atom. The van der Waals surface area contributed by atoms with Crippen LogP contribution >= 0.6 is 23.2 Å². The second kappa shape index (κ2) is 18.7. The topological polar surface area (TPSA) is 184 Å². The van der Waals surface area contributed by atoms with Gasteiger partial charge in [0.1, 0.15) is 12.6 Å². The van der Waals surface area contributed by atoms with E-state index in [1.807, 2.05) is 0 Å². The molecule has 1 fully saturated rings. The zero-order valence-electron chi connectivity index (χ0n) is 27.8. The average molecular weight is 781 g/mol. The van der Waals surface area contributed by atoms with Gasteiger partial charge < -0.3 is 34.3 Å². The number of carbonyl (C=O) groups excluding carboxylic acids is 5. The molecule has 5 amide bonds. The molecule has 1 unspecified atom stereocenters. The molecular formula is C34H33Cl2F2N5O10. The number of ether oxygens (including phenoxy) is 5. The lowest BCUT2D eigenvalue weighted by molar-refractivity contribution is -0.136. The van der Waals surface area contributed by atoms with Gasteiger partial charge in [0.05, 0.1) is 66.5 Å². The van der Waals surface area contributed by atoms with Gasteiger partial charge in [0.15, 0.2) is 11.5 Å². The highest BCUT2D eigenvalue weighted by Gasteiger charge is 2.45. The average Bonchev–Trinajstić information content (AvgIpc) is 3.38. The number of halogens is 4. The van der Waals surface area contributed by atoms with Gasteiger partial charge in [0, 0.05) is 36.6 Å². The molecule has 0 radical (unpaired) electrons. The number of amides is 5. The molecule has 2 aliphatic rings. The normalized spacial score (nSPS) is 15.4. The van der Waals surface area contributed by atoms with Crippen LogP contribution in [0, 0.1) is 0 Å². The Morgan fingerprint density at radius 3 is 2.26 bits per heavy atom. The third-order valence-electron chi connectivity index (χ3n) is 7.77. The van der Waals surface area contributed by atoms with Gasteiger partial charge in [0.25, 0.3) is 17.7 Å². The van der Waals surface area contributed by atoms with Crippen LogP contribution in [0.2, 0.25) is 10.0 Å². The minimum absolute atomic E-state index is 0.0111. The molecule has 0 spiro atoms.